The van der Waals surface area contributed by atoms with Crippen LogP contribution in [0.2, 0.25) is 0 Å². The van der Waals surface area contributed by atoms with Crippen LogP contribution in [-0.2, 0) is 0 Å². The first-order chi connectivity index (χ1) is 9.88. The second kappa shape index (κ2) is 19.1. The highest BCUT2D eigenvalue weighted by Crippen LogP contribution is 2.29. The van der Waals surface area contributed by atoms with Crippen LogP contribution in [0.25, 0.3) is 0 Å². The second-order valence-corrected chi connectivity index (χ2v) is 3.42. The van der Waals surface area contributed by atoms with E-state index in [0.717, 1.165) is 0 Å². The normalized spacial score (nSPS) is 15.6. The maximum absolute atomic E-state index is 5.50. The monoisotopic (exact) mass is 278 g/mol. The number of pyridine rings is 1. The quantitative estimate of drug-likeness (QED) is 0.592. The predicted molar refractivity (Wildman–Crippen MR) is 88.2 cm³/mol. The molecular formula is C14H26N6. The van der Waals surface area contributed by atoms with Crippen LogP contribution in [0.3, 0.4) is 0 Å². The number of aromatic nitrogens is 1. The molecule has 0 saturated carbocycles. The van der Waals surface area contributed by atoms with Gasteiger partial charge in [-0.15, -0.1) is 0 Å². The van der Waals surface area contributed by atoms with Crippen LogP contribution in [0.15, 0.2) is 24.5 Å². The number of hydrogen-bond acceptors (Lipinski definition) is 6. The first-order valence-electron chi connectivity index (χ1n) is 5.89. The Bertz CT molecular complexity index is 298. The molecule has 0 amide bonds. The zero-order valence-corrected chi connectivity index (χ0v) is 12.2. The molecule has 1 aromatic heterocycles. The summed E-state index contributed by atoms with van der Waals surface area (Å²) in [5, 5.41) is 22.0. The van der Waals surface area contributed by atoms with E-state index in [0.29, 0.717) is 6.04 Å². The minimum atomic E-state index is 0.610. The molecule has 1 aromatic rings. The highest BCUT2D eigenvalue weighted by molar-refractivity contribution is 5.16. The molecule has 20 heavy (non-hydrogen) atoms. The lowest BCUT2D eigenvalue weighted by molar-refractivity contribution is 0.317. The molecule has 0 spiro atoms. The molecule has 1 aliphatic heterocycles. The highest BCUT2D eigenvalue weighted by atomic mass is 15.1. The molecule has 6 heteroatoms. The first kappa shape index (κ1) is 22.9. The van der Waals surface area contributed by atoms with Crippen molar-refractivity contribution in [3.8, 4) is 0 Å². The maximum atomic E-state index is 5.50. The van der Waals surface area contributed by atoms with Crippen molar-refractivity contribution in [1.82, 2.24) is 9.88 Å². The minimum Gasteiger partial charge on any atom is -0.317 e. The molecule has 2 rings (SSSR count). The van der Waals surface area contributed by atoms with E-state index in [-0.39, 0.29) is 0 Å². The summed E-state index contributed by atoms with van der Waals surface area (Å²) in [6, 6.07) is 4.79. The Hall–Kier alpha value is -2.21. The fourth-order valence-electron chi connectivity index (χ4n) is 1.90. The van der Waals surface area contributed by atoms with Gasteiger partial charge in [0.2, 0.25) is 0 Å². The Kier molecular flexibility index (Phi) is 21.9. The molecule has 112 valence electrons. The lowest BCUT2D eigenvalue weighted by Gasteiger charge is -2.18. The third kappa shape index (κ3) is 8.82. The molecule has 1 saturated heterocycles. The number of nitrogens with one attached hydrogen (secondary N) is 4. The lowest BCUT2D eigenvalue weighted by atomic mass is 10.1. The van der Waals surface area contributed by atoms with Crippen LogP contribution in [-0.4, -0.2) is 50.3 Å². The van der Waals surface area contributed by atoms with Crippen molar-refractivity contribution in [1.29, 1.82) is 21.6 Å². The highest BCUT2D eigenvalue weighted by Gasteiger charge is 2.21. The minimum absolute atomic E-state index is 0.610. The lowest BCUT2D eigenvalue weighted by Crippen LogP contribution is -2.17. The van der Waals surface area contributed by atoms with Gasteiger partial charge in [0.25, 0.3) is 0 Å². The van der Waals surface area contributed by atoms with Crippen LogP contribution in [0.1, 0.15) is 24.4 Å². The summed E-state index contributed by atoms with van der Waals surface area (Å²) in [5.41, 5.74) is 1.36. The standard InChI is InChI=1S/C10H14N2.4CH3N/c1-12-7-3-5-10(12)9-4-2-6-11-8-9;4*1-2/h2,4,6,8,10H,3,5,7H2,1H3;4*2H,1H2/t10-;;;;/m0..../s1. The Labute approximate surface area is 121 Å². The summed E-state index contributed by atoms with van der Waals surface area (Å²) < 4.78 is 0. The second-order valence-electron chi connectivity index (χ2n) is 3.42. The van der Waals surface area contributed by atoms with E-state index in [9.17, 15) is 0 Å². The van der Waals surface area contributed by atoms with E-state index >= 15 is 0 Å². The summed E-state index contributed by atoms with van der Waals surface area (Å²) in [6.45, 7) is 11.2. The van der Waals surface area contributed by atoms with Crippen molar-refractivity contribution < 1.29 is 0 Å². The van der Waals surface area contributed by atoms with Gasteiger partial charge in [-0.3, -0.25) is 9.88 Å². The molecule has 0 radical (unpaired) electrons. The Morgan fingerprint density at radius 2 is 1.65 bits per heavy atom. The van der Waals surface area contributed by atoms with Crippen LogP contribution >= 0.6 is 0 Å². The van der Waals surface area contributed by atoms with Crippen LogP contribution < -0.4 is 0 Å². The Morgan fingerprint density at radius 1 is 1.10 bits per heavy atom. The van der Waals surface area contributed by atoms with Gasteiger partial charge in [0, 0.05) is 18.4 Å². The summed E-state index contributed by atoms with van der Waals surface area (Å²) in [7, 11) is 2.19. The number of rotatable bonds is 1. The number of nitrogens with zero attached hydrogens (tertiary/aromatic N) is 2. The van der Waals surface area contributed by atoms with Gasteiger partial charge >= 0.3 is 0 Å². The van der Waals surface area contributed by atoms with Crippen molar-refractivity contribution >= 4 is 26.9 Å². The van der Waals surface area contributed by atoms with Gasteiger partial charge in [-0.2, -0.15) is 0 Å². The van der Waals surface area contributed by atoms with Gasteiger partial charge in [0.1, 0.15) is 0 Å². The van der Waals surface area contributed by atoms with Crippen LogP contribution in [0.5, 0.6) is 0 Å². The topological polar surface area (TPSA) is 112 Å². The van der Waals surface area contributed by atoms with E-state index < -0.39 is 0 Å². The maximum Gasteiger partial charge on any atom is 0.0360 e. The van der Waals surface area contributed by atoms with Crippen LogP contribution in [0.4, 0.5) is 0 Å². The summed E-state index contributed by atoms with van der Waals surface area (Å²) in [6.07, 6.45) is 6.41. The fourth-order valence-corrected chi connectivity index (χ4v) is 1.90. The SMILES string of the molecule is C=N.C=N.C=N.C=N.CN1CCC[C@H]1c1cccnc1. The van der Waals surface area contributed by atoms with E-state index in [1.165, 1.54) is 24.9 Å². The summed E-state index contributed by atoms with van der Waals surface area (Å²) in [4.78, 5) is 6.54. The van der Waals surface area contributed by atoms with Gasteiger partial charge < -0.3 is 21.6 Å². The molecule has 4 N–H and O–H groups in total. The molecular weight excluding hydrogens is 252 g/mol. The Morgan fingerprint density at radius 3 is 2.00 bits per heavy atom. The summed E-state index contributed by atoms with van der Waals surface area (Å²) >= 11 is 0. The van der Waals surface area contributed by atoms with Gasteiger partial charge in [-0.1, -0.05) is 6.07 Å². The molecule has 2 heterocycles. The summed E-state index contributed by atoms with van der Waals surface area (Å²) in [5.74, 6) is 0. The third-order valence-corrected chi connectivity index (χ3v) is 2.59. The number of hydrogen-bond donors (Lipinski definition) is 4. The largest absolute Gasteiger partial charge is 0.317 e. The average molecular weight is 278 g/mol. The van der Waals surface area contributed by atoms with Crippen molar-refractivity contribution in [3.05, 3.63) is 30.1 Å². The molecule has 0 bridgehead atoms. The van der Waals surface area contributed by atoms with E-state index in [4.69, 9.17) is 21.6 Å². The predicted octanol–water partition coefficient (Wildman–Crippen LogP) is 2.91. The molecule has 0 aliphatic carbocycles. The molecule has 0 aromatic carbocycles. The number of likely N-dealkylation sites (tertiary alicyclic amines) is 1. The van der Waals surface area contributed by atoms with Crippen molar-refractivity contribution in [2.75, 3.05) is 13.6 Å². The van der Waals surface area contributed by atoms with E-state index in [2.05, 4.69) is 49.9 Å². The van der Waals surface area contributed by atoms with E-state index in [1.807, 2.05) is 18.5 Å². The third-order valence-electron chi connectivity index (χ3n) is 2.59. The fraction of sp³-hybridized carbons (Fsp3) is 0.357. The van der Waals surface area contributed by atoms with Gasteiger partial charge in [0.15, 0.2) is 0 Å². The smallest absolute Gasteiger partial charge is 0.0360 e. The molecule has 0 unspecified atom stereocenters. The molecule has 6 nitrogen and oxygen atoms in total. The molecule has 1 fully saturated rings. The zero-order valence-electron chi connectivity index (χ0n) is 12.2. The van der Waals surface area contributed by atoms with Crippen molar-refractivity contribution in [2.24, 2.45) is 0 Å². The van der Waals surface area contributed by atoms with Gasteiger partial charge in [-0.25, -0.2) is 0 Å². The molecule has 1 aliphatic rings. The van der Waals surface area contributed by atoms with Gasteiger partial charge in [0.05, 0.1) is 0 Å². The zero-order chi connectivity index (χ0) is 16.4. The van der Waals surface area contributed by atoms with Crippen molar-refractivity contribution in [3.63, 3.8) is 0 Å². The van der Waals surface area contributed by atoms with Crippen molar-refractivity contribution in [2.45, 2.75) is 18.9 Å². The van der Waals surface area contributed by atoms with Crippen LogP contribution in [0, 0.1) is 21.6 Å². The Balaban J connectivity index is -0.000000314. The van der Waals surface area contributed by atoms with E-state index in [1.54, 1.807) is 0 Å². The molecule has 1 atom stereocenters. The average Bonchev–Trinajstić information content (AvgIpc) is 3.02. The van der Waals surface area contributed by atoms with Gasteiger partial charge in [-0.05, 0) is 64.9 Å². The first-order valence-corrected chi connectivity index (χ1v) is 5.89.